The summed E-state index contributed by atoms with van der Waals surface area (Å²) in [4.78, 5) is 2.30. The molecule has 0 atom stereocenters. The number of rotatable bonds is 8. The normalized spacial score (nSPS) is 11.4. The van der Waals surface area contributed by atoms with Crippen molar-refractivity contribution in [1.29, 1.82) is 0 Å². The Morgan fingerprint density at radius 2 is 1.83 bits per heavy atom. The Hall–Kier alpha value is -1.68. The van der Waals surface area contributed by atoms with E-state index in [9.17, 15) is 0 Å². The van der Waals surface area contributed by atoms with Crippen molar-refractivity contribution in [3.05, 3.63) is 71.1 Å². The third kappa shape index (κ3) is 4.90. The molecule has 0 bridgehead atoms. The van der Waals surface area contributed by atoms with Crippen LogP contribution in [-0.2, 0) is 17.7 Å². The van der Waals surface area contributed by atoms with E-state index in [4.69, 9.17) is 4.74 Å². The van der Waals surface area contributed by atoms with Gasteiger partial charge in [-0.15, -0.1) is 11.3 Å². The Kier molecular flexibility index (Phi) is 5.81. The lowest BCUT2D eigenvalue weighted by Gasteiger charge is -2.16. The number of hydrogen-bond acceptors (Lipinski definition) is 3. The van der Waals surface area contributed by atoms with Crippen LogP contribution >= 0.6 is 11.3 Å². The van der Waals surface area contributed by atoms with Gasteiger partial charge in [0.2, 0.25) is 0 Å². The smallest absolute Gasteiger partial charge is 0.0593 e. The molecule has 3 heteroatoms. The van der Waals surface area contributed by atoms with Gasteiger partial charge in [-0.25, -0.2) is 0 Å². The van der Waals surface area contributed by atoms with Gasteiger partial charge in [-0.2, -0.15) is 0 Å². The molecule has 1 heterocycles. The van der Waals surface area contributed by atoms with E-state index in [-0.39, 0.29) is 0 Å². The minimum Gasteiger partial charge on any atom is -0.380 e. The first-order valence-corrected chi connectivity index (χ1v) is 8.95. The lowest BCUT2D eigenvalue weighted by molar-refractivity contribution is 0.112. The quantitative estimate of drug-likeness (QED) is 0.562. The average Bonchev–Trinajstić information content (AvgIpc) is 3.03. The highest BCUT2D eigenvalue weighted by molar-refractivity contribution is 7.17. The van der Waals surface area contributed by atoms with E-state index in [2.05, 4.69) is 71.9 Å². The summed E-state index contributed by atoms with van der Waals surface area (Å²) < 4.78 is 7.16. The Bertz CT molecular complexity index is 723. The van der Waals surface area contributed by atoms with Crippen LogP contribution in [0.25, 0.3) is 10.1 Å². The Balaban J connectivity index is 1.35. The third-order valence-corrected chi connectivity index (χ3v) is 4.86. The van der Waals surface area contributed by atoms with E-state index in [1.165, 1.54) is 21.2 Å². The predicted molar refractivity (Wildman–Crippen MR) is 99.1 cm³/mol. The largest absolute Gasteiger partial charge is 0.380 e. The molecule has 0 aliphatic heterocycles. The summed E-state index contributed by atoms with van der Waals surface area (Å²) in [6.07, 6.45) is 0.980. The van der Waals surface area contributed by atoms with Gasteiger partial charge in [-0.05, 0) is 47.5 Å². The summed E-state index contributed by atoms with van der Waals surface area (Å²) in [5, 5.41) is 3.49. The molecule has 0 aliphatic carbocycles. The van der Waals surface area contributed by atoms with E-state index >= 15 is 0 Å². The Morgan fingerprint density at radius 3 is 2.70 bits per heavy atom. The summed E-state index contributed by atoms with van der Waals surface area (Å²) >= 11 is 1.80. The van der Waals surface area contributed by atoms with Crippen LogP contribution in [0.4, 0.5) is 0 Å². The van der Waals surface area contributed by atoms with Gasteiger partial charge >= 0.3 is 0 Å². The molecule has 2 aromatic carbocycles. The first-order chi connectivity index (χ1) is 11.3. The van der Waals surface area contributed by atoms with Gasteiger partial charge in [-0.3, -0.25) is 4.90 Å². The highest BCUT2D eigenvalue weighted by Crippen LogP contribution is 2.21. The molecule has 0 saturated heterocycles. The molecular weight excluding hydrogens is 302 g/mol. The van der Waals surface area contributed by atoms with Crippen LogP contribution in [0.5, 0.6) is 0 Å². The van der Waals surface area contributed by atoms with Crippen molar-refractivity contribution in [3.63, 3.8) is 0 Å². The van der Waals surface area contributed by atoms with Gasteiger partial charge < -0.3 is 4.74 Å². The van der Waals surface area contributed by atoms with Crippen molar-refractivity contribution in [2.24, 2.45) is 0 Å². The van der Waals surface area contributed by atoms with Gasteiger partial charge in [0.15, 0.2) is 0 Å². The molecule has 3 rings (SSSR count). The molecule has 0 amide bonds. The SMILES string of the molecule is CN(CCOCCc1ccc2sccc2c1)Cc1ccccc1. The molecule has 23 heavy (non-hydrogen) atoms. The van der Waals surface area contributed by atoms with E-state index in [0.29, 0.717) is 0 Å². The van der Waals surface area contributed by atoms with Gasteiger partial charge in [0.25, 0.3) is 0 Å². The first-order valence-electron chi connectivity index (χ1n) is 8.07. The van der Waals surface area contributed by atoms with Crippen LogP contribution < -0.4 is 0 Å². The highest BCUT2D eigenvalue weighted by atomic mass is 32.1. The fourth-order valence-corrected chi connectivity index (χ4v) is 3.43. The van der Waals surface area contributed by atoms with Gasteiger partial charge in [0.05, 0.1) is 13.2 Å². The van der Waals surface area contributed by atoms with Crippen LogP contribution in [-0.4, -0.2) is 31.7 Å². The molecule has 0 fully saturated rings. The maximum absolute atomic E-state index is 5.80. The zero-order chi connectivity index (χ0) is 15.9. The zero-order valence-corrected chi connectivity index (χ0v) is 14.4. The number of likely N-dealkylation sites (N-methyl/N-ethyl adjacent to an activating group) is 1. The lowest BCUT2D eigenvalue weighted by Crippen LogP contribution is -2.23. The van der Waals surface area contributed by atoms with Gasteiger partial charge in [0, 0.05) is 17.8 Å². The van der Waals surface area contributed by atoms with Crippen LogP contribution in [0, 0.1) is 0 Å². The lowest BCUT2D eigenvalue weighted by atomic mass is 10.1. The number of fused-ring (bicyclic) bond motifs is 1. The van der Waals surface area contributed by atoms with Crippen molar-refractivity contribution in [2.75, 3.05) is 26.8 Å². The van der Waals surface area contributed by atoms with Crippen molar-refractivity contribution in [3.8, 4) is 0 Å². The zero-order valence-electron chi connectivity index (χ0n) is 13.6. The second-order valence-electron chi connectivity index (χ2n) is 5.88. The highest BCUT2D eigenvalue weighted by Gasteiger charge is 2.01. The maximum atomic E-state index is 5.80. The molecule has 1 aromatic heterocycles. The van der Waals surface area contributed by atoms with E-state index in [1.54, 1.807) is 11.3 Å². The Morgan fingerprint density at radius 1 is 0.957 bits per heavy atom. The standard InChI is InChI=1S/C20H23NOS/c1-21(16-18-5-3-2-4-6-18)11-13-22-12-9-17-7-8-20-19(15-17)10-14-23-20/h2-8,10,14-15H,9,11-13,16H2,1H3. The van der Waals surface area contributed by atoms with Gasteiger partial charge in [0.1, 0.15) is 0 Å². The average molecular weight is 325 g/mol. The molecule has 0 N–H and O–H groups in total. The van der Waals surface area contributed by atoms with Crippen LogP contribution in [0.2, 0.25) is 0 Å². The molecule has 2 nitrogen and oxygen atoms in total. The molecular formula is C20H23NOS. The van der Waals surface area contributed by atoms with Crippen molar-refractivity contribution >= 4 is 21.4 Å². The summed E-state index contributed by atoms with van der Waals surface area (Å²) in [5.41, 5.74) is 2.70. The minimum atomic E-state index is 0.782. The summed E-state index contributed by atoms with van der Waals surface area (Å²) in [5.74, 6) is 0. The number of thiophene rings is 1. The molecule has 0 spiro atoms. The van der Waals surface area contributed by atoms with Crippen LogP contribution in [0.3, 0.4) is 0 Å². The van der Waals surface area contributed by atoms with Gasteiger partial charge in [-0.1, -0.05) is 42.5 Å². The fraction of sp³-hybridized carbons (Fsp3) is 0.300. The number of hydrogen-bond donors (Lipinski definition) is 0. The number of nitrogens with zero attached hydrogens (tertiary/aromatic N) is 1. The summed E-state index contributed by atoms with van der Waals surface area (Å²) in [7, 11) is 2.14. The Labute approximate surface area is 142 Å². The second kappa shape index (κ2) is 8.25. The van der Waals surface area contributed by atoms with E-state index in [1.807, 2.05) is 0 Å². The first kappa shape index (κ1) is 16.2. The van der Waals surface area contributed by atoms with Crippen LogP contribution in [0.15, 0.2) is 60.0 Å². The van der Waals surface area contributed by atoms with Crippen LogP contribution in [0.1, 0.15) is 11.1 Å². The number of ether oxygens (including phenoxy) is 1. The molecule has 3 aromatic rings. The summed E-state index contributed by atoms with van der Waals surface area (Å²) in [6.45, 7) is 3.50. The van der Waals surface area contributed by atoms with Crippen molar-refractivity contribution < 1.29 is 4.74 Å². The van der Waals surface area contributed by atoms with E-state index < -0.39 is 0 Å². The summed E-state index contributed by atoms with van der Waals surface area (Å²) in [6, 6.07) is 19.4. The van der Waals surface area contributed by atoms with E-state index in [0.717, 1.165) is 32.7 Å². The molecule has 0 radical (unpaired) electrons. The monoisotopic (exact) mass is 325 g/mol. The van der Waals surface area contributed by atoms with Crippen molar-refractivity contribution in [1.82, 2.24) is 4.90 Å². The maximum Gasteiger partial charge on any atom is 0.0593 e. The second-order valence-corrected chi connectivity index (χ2v) is 6.83. The molecule has 0 aliphatic rings. The third-order valence-electron chi connectivity index (χ3n) is 3.96. The fourth-order valence-electron chi connectivity index (χ4n) is 2.66. The van der Waals surface area contributed by atoms with Crippen molar-refractivity contribution in [2.45, 2.75) is 13.0 Å². The predicted octanol–water partition coefficient (Wildman–Crippen LogP) is 4.59. The minimum absolute atomic E-state index is 0.782. The molecule has 0 unspecified atom stereocenters. The number of benzene rings is 2. The topological polar surface area (TPSA) is 12.5 Å². The molecule has 120 valence electrons. The molecule has 0 saturated carbocycles.